The van der Waals surface area contributed by atoms with Crippen molar-refractivity contribution in [2.75, 3.05) is 33.4 Å². The highest BCUT2D eigenvalue weighted by Crippen LogP contribution is 2.32. The lowest BCUT2D eigenvalue weighted by Gasteiger charge is -2.26. The van der Waals surface area contributed by atoms with Crippen LogP contribution in [-0.4, -0.2) is 43.3 Å². The molecule has 5 nitrogen and oxygen atoms in total. The summed E-state index contributed by atoms with van der Waals surface area (Å²) in [6.07, 6.45) is 0. The zero-order valence-corrected chi connectivity index (χ0v) is 12.7. The van der Waals surface area contributed by atoms with E-state index in [0.29, 0.717) is 0 Å². The average molecular weight is 306 g/mol. The number of thiazole rings is 1. The number of morpholine rings is 1. The van der Waals surface area contributed by atoms with Gasteiger partial charge < -0.3 is 14.5 Å². The molecule has 21 heavy (non-hydrogen) atoms. The first-order valence-corrected chi connectivity index (χ1v) is 7.75. The highest BCUT2D eigenvalue weighted by Gasteiger charge is 2.18. The Morgan fingerprint density at radius 1 is 1.33 bits per heavy atom. The van der Waals surface area contributed by atoms with Crippen LogP contribution in [0.1, 0.15) is 4.88 Å². The number of methoxy groups -OCH3 is 1. The van der Waals surface area contributed by atoms with Crippen molar-refractivity contribution in [2.45, 2.75) is 6.54 Å². The topological polar surface area (TPSA) is 54.6 Å². The van der Waals surface area contributed by atoms with Gasteiger partial charge in [-0.2, -0.15) is 0 Å². The lowest BCUT2D eigenvalue weighted by atomic mass is 10.1. The Hall–Kier alpha value is -1.63. The predicted octanol–water partition coefficient (Wildman–Crippen LogP) is 1.94. The maximum absolute atomic E-state index is 11.8. The standard InChI is InChI=1S/C15H18N2O3S/c1-19-12-5-3-2-4-11(12)14-13(21-15(18)16-14)10-17-6-8-20-9-7-17/h2-5H,6-10H2,1H3,(H,16,18). The largest absolute Gasteiger partial charge is 0.496 e. The van der Waals surface area contributed by atoms with E-state index in [-0.39, 0.29) is 4.87 Å². The highest BCUT2D eigenvalue weighted by atomic mass is 32.1. The molecule has 6 heteroatoms. The van der Waals surface area contributed by atoms with E-state index < -0.39 is 0 Å². The third-order valence-electron chi connectivity index (χ3n) is 3.57. The minimum Gasteiger partial charge on any atom is -0.496 e. The Labute approximate surface area is 127 Å². The molecule has 2 heterocycles. The van der Waals surface area contributed by atoms with E-state index in [1.807, 2.05) is 24.3 Å². The Morgan fingerprint density at radius 3 is 2.86 bits per heavy atom. The monoisotopic (exact) mass is 306 g/mol. The first kappa shape index (κ1) is 14.3. The van der Waals surface area contributed by atoms with Crippen molar-refractivity contribution in [3.05, 3.63) is 38.8 Å². The normalized spacial score (nSPS) is 16.0. The number of nitrogens with one attached hydrogen (secondary N) is 1. The van der Waals surface area contributed by atoms with E-state index in [9.17, 15) is 4.79 Å². The van der Waals surface area contributed by atoms with Crippen LogP contribution in [0.25, 0.3) is 11.3 Å². The zero-order chi connectivity index (χ0) is 14.7. The molecular weight excluding hydrogens is 288 g/mol. The molecular formula is C15H18N2O3S. The summed E-state index contributed by atoms with van der Waals surface area (Å²) in [6, 6.07) is 7.75. The van der Waals surface area contributed by atoms with Crippen molar-refractivity contribution in [2.24, 2.45) is 0 Å². The van der Waals surface area contributed by atoms with Crippen molar-refractivity contribution in [3.63, 3.8) is 0 Å². The minimum atomic E-state index is -0.0286. The zero-order valence-electron chi connectivity index (χ0n) is 11.9. The molecule has 0 radical (unpaired) electrons. The number of hydrogen-bond donors (Lipinski definition) is 1. The maximum atomic E-state index is 11.8. The third kappa shape index (κ3) is 3.18. The van der Waals surface area contributed by atoms with Gasteiger partial charge in [-0.15, -0.1) is 0 Å². The Morgan fingerprint density at radius 2 is 2.10 bits per heavy atom. The van der Waals surface area contributed by atoms with E-state index in [2.05, 4.69) is 9.88 Å². The van der Waals surface area contributed by atoms with Crippen LogP contribution in [0.4, 0.5) is 0 Å². The smallest absolute Gasteiger partial charge is 0.305 e. The van der Waals surface area contributed by atoms with E-state index in [1.54, 1.807) is 7.11 Å². The Bertz CT molecular complexity index is 659. The lowest BCUT2D eigenvalue weighted by molar-refractivity contribution is 0.0347. The van der Waals surface area contributed by atoms with E-state index in [4.69, 9.17) is 9.47 Å². The second-order valence-corrected chi connectivity index (χ2v) is 5.97. The SMILES string of the molecule is COc1ccccc1-c1[nH]c(=O)sc1CN1CCOCC1. The summed E-state index contributed by atoms with van der Waals surface area (Å²) >= 11 is 1.27. The molecule has 1 aliphatic rings. The van der Waals surface area contributed by atoms with Crippen LogP contribution < -0.4 is 9.61 Å². The molecule has 1 fully saturated rings. The van der Waals surface area contributed by atoms with Gasteiger partial charge in [0, 0.05) is 30.1 Å². The molecule has 0 unspecified atom stereocenters. The minimum absolute atomic E-state index is 0.0286. The molecule has 112 valence electrons. The van der Waals surface area contributed by atoms with Gasteiger partial charge in [0.2, 0.25) is 0 Å². The second-order valence-electron chi connectivity index (χ2n) is 4.90. The lowest BCUT2D eigenvalue weighted by Crippen LogP contribution is -2.35. The van der Waals surface area contributed by atoms with Gasteiger partial charge in [0.15, 0.2) is 0 Å². The summed E-state index contributed by atoms with van der Waals surface area (Å²) in [5, 5.41) is 0. The maximum Gasteiger partial charge on any atom is 0.305 e. The molecule has 0 spiro atoms. The number of nitrogens with zero attached hydrogens (tertiary/aromatic N) is 1. The number of aromatic nitrogens is 1. The van der Waals surface area contributed by atoms with Crippen LogP contribution >= 0.6 is 11.3 Å². The first-order chi connectivity index (χ1) is 10.3. The quantitative estimate of drug-likeness (QED) is 0.938. The molecule has 0 atom stereocenters. The van der Waals surface area contributed by atoms with Crippen molar-refractivity contribution >= 4 is 11.3 Å². The highest BCUT2D eigenvalue weighted by molar-refractivity contribution is 7.09. The van der Waals surface area contributed by atoms with Gasteiger partial charge in [-0.1, -0.05) is 23.5 Å². The molecule has 0 bridgehead atoms. The van der Waals surface area contributed by atoms with Crippen LogP contribution in [-0.2, 0) is 11.3 Å². The van der Waals surface area contributed by atoms with Gasteiger partial charge in [-0.05, 0) is 12.1 Å². The van der Waals surface area contributed by atoms with E-state index in [1.165, 1.54) is 11.3 Å². The predicted molar refractivity (Wildman–Crippen MR) is 83.0 cm³/mol. The molecule has 1 aromatic heterocycles. The fourth-order valence-corrected chi connectivity index (χ4v) is 3.39. The number of aromatic amines is 1. The third-order valence-corrected chi connectivity index (χ3v) is 4.44. The number of hydrogen-bond acceptors (Lipinski definition) is 5. The van der Waals surface area contributed by atoms with Gasteiger partial charge in [-0.3, -0.25) is 9.69 Å². The Balaban J connectivity index is 1.93. The molecule has 0 amide bonds. The van der Waals surface area contributed by atoms with Crippen LogP contribution in [0, 0.1) is 0 Å². The first-order valence-electron chi connectivity index (χ1n) is 6.93. The van der Waals surface area contributed by atoms with Crippen LogP contribution in [0.15, 0.2) is 29.1 Å². The van der Waals surface area contributed by atoms with Gasteiger partial charge >= 0.3 is 4.87 Å². The van der Waals surface area contributed by atoms with Crippen molar-refractivity contribution < 1.29 is 9.47 Å². The molecule has 1 saturated heterocycles. The van der Waals surface area contributed by atoms with Gasteiger partial charge in [0.25, 0.3) is 0 Å². The molecule has 1 N–H and O–H groups in total. The summed E-state index contributed by atoms with van der Waals surface area (Å²) in [5.74, 6) is 0.773. The Kier molecular flexibility index (Phi) is 4.38. The summed E-state index contributed by atoms with van der Waals surface area (Å²) in [6.45, 7) is 4.07. The second kappa shape index (κ2) is 6.43. The molecule has 2 aromatic rings. The summed E-state index contributed by atoms with van der Waals surface area (Å²) in [7, 11) is 1.64. The van der Waals surface area contributed by atoms with Crippen LogP contribution in [0.5, 0.6) is 5.75 Å². The van der Waals surface area contributed by atoms with Gasteiger partial charge in [0.05, 0.1) is 26.0 Å². The number of ether oxygens (including phenoxy) is 2. The van der Waals surface area contributed by atoms with Gasteiger partial charge in [-0.25, -0.2) is 0 Å². The van der Waals surface area contributed by atoms with E-state index in [0.717, 1.165) is 54.7 Å². The number of H-pyrrole nitrogens is 1. The number of rotatable bonds is 4. The van der Waals surface area contributed by atoms with Crippen molar-refractivity contribution in [1.29, 1.82) is 0 Å². The molecule has 1 aromatic carbocycles. The molecule has 0 aliphatic carbocycles. The van der Waals surface area contributed by atoms with Crippen LogP contribution in [0.3, 0.4) is 0 Å². The summed E-state index contributed by atoms with van der Waals surface area (Å²) in [5.41, 5.74) is 1.80. The van der Waals surface area contributed by atoms with Crippen molar-refractivity contribution in [3.8, 4) is 17.0 Å². The number of benzene rings is 1. The molecule has 1 aliphatic heterocycles. The molecule has 0 saturated carbocycles. The van der Waals surface area contributed by atoms with Gasteiger partial charge in [0.1, 0.15) is 5.75 Å². The summed E-state index contributed by atoms with van der Waals surface area (Å²) < 4.78 is 10.8. The molecule has 3 rings (SSSR count). The number of para-hydroxylation sites is 1. The fourth-order valence-electron chi connectivity index (χ4n) is 2.50. The summed E-state index contributed by atoms with van der Waals surface area (Å²) in [4.78, 5) is 18.1. The van der Waals surface area contributed by atoms with Crippen LogP contribution in [0.2, 0.25) is 0 Å². The fraction of sp³-hybridized carbons (Fsp3) is 0.400. The van der Waals surface area contributed by atoms with Crippen molar-refractivity contribution in [1.82, 2.24) is 9.88 Å². The van der Waals surface area contributed by atoms with E-state index >= 15 is 0 Å². The average Bonchev–Trinajstić information content (AvgIpc) is 2.88.